The van der Waals surface area contributed by atoms with Crippen molar-refractivity contribution in [1.29, 1.82) is 0 Å². The number of nitrogens with zero attached hydrogens (tertiary/aromatic N) is 1. The van der Waals surface area contributed by atoms with E-state index < -0.39 is 35.3 Å². The molecule has 7 atom stereocenters. The summed E-state index contributed by atoms with van der Waals surface area (Å²) in [4.78, 5) is 56.1. The van der Waals surface area contributed by atoms with Gasteiger partial charge in [0.15, 0.2) is 17.6 Å². The van der Waals surface area contributed by atoms with E-state index in [9.17, 15) is 19.2 Å². The number of isothiocyanates is 1. The van der Waals surface area contributed by atoms with E-state index in [1.807, 2.05) is 13.0 Å². The highest BCUT2D eigenvalue weighted by molar-refractivity contribution is 7.78. The summed E-state index contributed by atoms with van der Waals surface area (Å²) in [6, 6.07) is 1.83. The first-order valence-electron chi connectivity index (χ1n) is 12.1. The van der Waals surface area contributed by atoms with Gasteiger partial charge in [0.1, 0.15) is 12.3 Å². The van der Waals surface area contributed by atoms with E-state index in [0.717, 1.165) is 5.56 Å². The summed E-state index contributed by atoms with van der Waals surface area (Å²) in [7, 11) is 1.31. The van der Waals surface area contributed by atoms with E-state index in [1.54, 1.807) is 13.2 Å². The van der Waals surface area contributed by atoms with Gasteiger partial charge in [0, 0.05) is 30.2 Å². The standard InChI is InChI=1S/C27H29NO7S/c1-4-5-21-16(7-9-34-21)15-10-18-17(20(29)11-15)6-8-27(2)19(26(32)33-3)12-22(25(31)24(18)27)35-23(30)13-28-14-36/h7,9,15,17-19,22,24H,6,8,10-13H2,1-3H3. The number of aliphatic imine (C=N–C) groups is 1. The number of ether oxygens (including phenoxy) is 2. The van der Waals surface area contributed by atoms with Crippen molar-refractivity contribution in [1.82, 2.24) is 0 Å². The fourth-order valence-electron chi connectivity index (χ4n) is 6.79. The van der Waals surface area contributed by atoms with Crippen molar-refractivity contribution in [2.24, 2.45) is 34.1 Å². The number of hydrogen-bond donors (Lipinski definition) is 0. The van der Waals surface area contributed by atoms with Gasteiger partial charge < -0.3 is 13.9 Å². The van der Waals surface area contributed by atoms with Crippen LogP contribution in [-0.2, 0) is 28.7 Å². The number of Topliss-reactive ketones (excluding diaryl/α,β-unsaturated/α-hetero) is 2. The van der Waals surface area contributed by atoms with Crippen molar-refractivity contribution in [3.63, 3.8) is 0 Å². The predicted molar refractivity (Wildman–Crippen MR) is 131 cm³/mol. The lowest BCUT2D eigenvalue weighted by Gasteiger charge is -2.56. The zero-order valence-corrected chi connectivity index (χ0v) is 21.4. The SMILES string of the molecule is CC#Cc1occc1C1CC(=O)C2CCC3(C)C(C(=O)OC)CC(OC(=O)CN=C=S)C(=O)C3C2C1. The van der Waals surface area contributed by atoms with E-state index in [0.29, 0.717) is 31.4 Å². The van der Waals surface area contributed by atoms with Crippen LogP contribution in [0, 0.1) is 40.9 Å². The van der Waals surface area contributed by atoms with Crippen LogP contribution in [0.4, 0.5) is 0 Å². The average Bonchev–Trinajstić information content (AvgIpc) is 3.32. The quantitative estimate of drug-likeness (QED) is 0.255. The second kappa shape index (κ2) is 10.5. The maximum atomic E-state index is 13.9. The molecular weight excluding hydrogens is 482 g/mol. The summed E-state index contributed by atoms with van der Waals surface area (Å²) >= 11 is 4.50. The van der Waals surface area contributed by atoms with Crippen molar-refractivity contribution >= 4 is 40.9 Å². The Bertz CT molecular complexity index is 1190. The number of fused-ring (bicyclic) bond motifs is 3. The first-order valence-corrected chi connectivity index (χ1v) is 12.5. The summed E-state index contributed by atoms with van der Waals surface area (Å²) in [6.45, 7) is 3.29. The van der Waals surface area contributed by atoms with Gasteiger partial charge >= 0.3 is 11.9 Å². The molecule has 0 N–H and O–H groups in total. The Morgan fingerprint density at radius 1 is 1.31 bits per heavy atom. The fraction of sp³-hybridized carbons (Fsp3) is 0.593. The lowest BCUT2D eigenvalue weighted by atomic mass is 9.46. The third-order valence-electron chi connectivity index (χ3n) is 8.34. The lowest BCUT2D eigenvalue weighted by molar-refractivity contribution is -0.183. The molecule has 190 valence electrons. The van der Waals surface area contributed by atoms with E-state index in [4.69, 9.17) is 13.9 Å². The normalized spacial score (nSPS) is 33.2. The number of rotatable bonds is 5. The van der Waals surface area contributed by atoms with Gasteiger partial charge in [0.05, 0.1) is 24.5 Å². The predicted octanol–water partition coefficient (Wildman–Crippen LogP) is 3.52. The number of hydrogen-bond acceptors (Lipinski definition) is 9. The first-order chi connectivity index (χ1) is 17.2. The molecule has 0 saturated heterocycles. The molecule has 7 unspecified atom stereocenters. The molecule has 0 spiro atoms. The zero-order valence-electron chi connectivity index (χ0n) is 20.6. The van der Waals surface area contributed by atoms with Crippen LogP contribution in [0.2, 0.25) is 0 Å². The number of esters is 2. The largest absolute Gasteiger partial charge is 0.469 e. The molecule has 3 saturated carbocycles. The maximum Gasteiger partial charge on any atom is 0.329 e. The van der Waals surface area contributed by atoms with Crippen LogP contribution in [0.5, 0.6) is 0 Å². The van der Waals surface area contributed by atoms with Gasteiger partial charge in [0.25, 0.3) is 0 Å². The highest BCUT2D eigenvalue weighted by Crippen LogP contribution is 2.60. The van der Waals surface area contributed by atoms with Crippen LogP contribution < -0.4 is 0 Å². The van der Waals surface area contributed by atoms with E-state index >= 15 is 0 Å². The second-order valence-corrected chi connectivity index (χ2v) is 10.3. The van der Waals surface area contributed by atoms with Crippen molar-refractivity contribution in [2.45, 2.75) is 58.0 Å². The average molecular weight is 512 g/mol. The minimum atomic E-state index is -1.12. The summed E-state index contributed by atoms with van der Waals surface area (Å²) < 4.78 is 16.1. The lowest BCUT2D eigenvalue weighted by Crippen LogP contribution is -2.60. The molecular formula is C27H29NO7S. The molecule has 1 heterocycles. The molecule has 36 heavy (non-hydrogen) atoms. The van der Waals surface area contributed by atoms with Crippen molar-refractivity contribution in [3.05, 3.63) is 23.7 Å². The van der Waals surface area contributed by atoms with Gasteiger partial charge in [0.2, 0.25) is 0 Å². The van der Waals surface area contributed by atoms with Crippen LogP contribution in [-0.4, -0.2) is 48.4 Å². The van der Waals surface area contributed by atoms with E-state index in [1.165, 1.54) is 7.11 Å². The first kappa shape index (κ1) is 26.0. The van der Waals surface area contributed by atoms with Crippen LogP contribution in [0.3, 0.4) is 0 Å². The molecule has 1 aromatic heterocycles. The number of ketones is 2. The van der Waals surface area contributed by atoms with Gasteiger partial charge in [-0.05, 0) is 67.6 Å². The van der Waals surface area contributed by atoms with Crippen LogP contribution in [0.15, 0.2) is 21.7 Å². The van der Waals surface area contributed by atoms with Crippen LogP contribution in [0.25, 0.3) is 0 Å². The second-order valence-electron chi connectivity index (χ2n) is 10.1. The summed E-state index contributed by atoms with van der Waals surface area (Å²) in [5.41, 5.74) is 0.142. The highest BCUT2D eigenvalue weighted by atomic mass is 32.1. The maximum absolute atomic E-state index is 13.9. The van der Waals surface area contributed by atoms with Gasteiger partial charge in [-0.15, -0.1) is 0 Å². The molecule has 3 aliphatic carbocycles. The fourth-order valence-corrected chi connectivity index (χ4v) is 6.85. The minimum Gasteiger partial charge on any atom is -0.469 e. The Kier molecular flexibility index (Phi) is 7.58. The van der Waals surface area contributed by atoms with Crippen LogP contribution in [0.1, 0.15) is 63.2 Å². The molecule has 0 aromatic carbocycles. The number of thiocarbonyl (C=S) groups is 1. The molecule has 0 aliphatic heterocycles. The van der Waals surface area contributed by atoms with Gasteiger partial charge in [-0.25, -0.2) is 9.79 Å². The van der Waals surface area contributed by atoms with E-state index in [2.05, 4.69) is 34.2 Å². The number of methoxy groups -OCH3 is 1. The monoisotopic (exact) mass is 511 g/mol. The van der Waals surface area contributed by atoms with Crippen molar-refractivity contribution in [3.8, 4) is 11.8 Å². The smallest absolute Gasteiger partial charge is 0.329 e. The molecule has 3 aliphatic rings. The Labute approximate surface area is 215 Å². The Morgan fingerprint density at radius 3 is 2.78 bits per heavy atom. The van der Waals surface area contributed by atoms with E-state index in [-0.39, 0.29) is 42.3 Å². The molecule has 0 radical (unpaired) electrons. The van der Waals surface area contributed by atoms with Crippen molar-refractivity contribution < 1.29 is 33.1 Å². The number of carbonyl (C=O) groups is 4. The zero-order chi connectivity index (χ0) is 26.0. The molecule has 9 heteroatoms. The third-order valence-corrected chi connectivity index (χ3v) is 8.47. The summed E-state index contributed by atoms with van der Waals surface area (Å²) in [6.07, 6.45) is 2.55. The minimum absolute atomic E-state index is 0.0400. The third kappa shape index (κ3) is 4.56. The van der Waals surface area contributed by atoms with Gasteiger partial charge in [-0.3, -0.25) is 14.4 Å². The number of carbonyl (C=O) groups excluding carboxylic acids is 4. The topological polar surface area (TPSA) is 112 Å². The highest BCUT2D eigenvalue weighted by Gasteiger charge is 2.62. The molecule has 0 amide bonds. The molecule has 3 fully saturated rings. The summed E-state index contributed by atoms with van der Waals surface area (Å²) in [5.74, 6) is 2.98. The molecule has 4 rings (SSSR count). The van der Waals surface area contributed by atoms with Gasteiger partial charge in [-0.1, -0.05) is 12.8 Å². The van der Waals surface area contributed by atoms with Crippen molar-refractivity contribution in [2.75, 3.05) is 13.7 Å². The summed E-state index contributed by atoms with van der Waals surface area (Å²) in [5, 5.41) is 2.10. The van der Waals surface area contributed by atoms with Gasteiger partial charge in [-0.2, -0.15) is 0 Å². The van der Waals surface area contributed by atoms with Crippen LogP contribution >= 0.6 is 12.2 Å². The molecule has 8 nitrogen and oxygen atoms in total. The Hall–Kier alpha value is -3.08. The number of furan rings is 1. The Morgan fingerprint density at radius 2 is 2.08 bits per heavy atom. The molecule has 0 bridgehead atoms. The Balaban J connectivity index is 1.71. The molecule has 1 aromatic rings.